The number of unbranched alkanes of at least 4 members (excludes halogenated alkanes) is 20. The second kappa shape index (κ2) is 52.0. The van der Waals surface area contributed by atoms with Crippen LogP contribution in [-0.4, -0.2) is 73.4 Å². The number of carbonyl (C=O) groups excluding carboxylic acids is 1. The van der Waals surface area contributed by atoms with E-state index in [0.717, 1.165) is 83.5 Å². The first-order valence-corrected chi connectivity index (χ1v) is 30.2. The van der Waals surface area contributed by atoms with Crippen molar-refractivity contribution in [2.45, 2.75) is 238 Å². The normalized spacial score (nSPS) is 14.7. The number of likely N-dealkylation sites (N-methyl/N-ethyl adjacent to an activating group) is 1. The highest BCUT2D eigenvalue weighted by Gasteiger charge is 2.28. The van der Waals surface area contributed by atoms with E-state index in [1.165, 1.54) is 109 Å². The van der Waals surface area contributed by atoms with E-state index in [1.807, 2.05) is 21.1 Å². The van der Waals surface area contributed by atoms with Crippen LogP contribution in [0.4, 0.5) is 0 Å². The molecule has 0 saturated heterocycles. The van der Waals surface area contributed by atoms with E-state index in [4.69, 9.17) is 9.05 Å². The zero-order valence-electron chi connectivity index (χ0n) is 46.4. The number of hydrogen-bond donors (Lipinski definition) is 3. The van der Waals surface area contributed by atoms with Crippen molar-refractivity contribution in [2.75, 3.05) is 40.9 Å². The maximum absolute atomic E-state index is 13.0. The van der Waals surface area contributed by atoms with Crippen molar-refractivity contribution < 1.29 is 32.9 Å². The number of allylic oxidation sites excluding steroid dienone is 18. The molecule has 0 aromatic rings. The molecule has 0 aliphatic rings. The molecule has 71 heavy (non-hydrogen) atoms. The van der Waals surface area contributed by atoms with Crippen molar-refractivity contribution in [3.63, 3.8) is 0 Å². The van der Waals surface area contributed by atoms with Gasteiger partial charge in [0.15, 0.2) is 0 Å². The summed E-state index contributed by atoms with van der Waals surface area (Å²) in [5.41, 5.74) is 0. The van der Waals surface area contributed by atoms with Crippen molar-refractivity contribution in [1.82, 2.24) is 5.32 Å². The predicted molar refractivity (Wildman–Crippen MR) is 309 cm³/mol. The van der Waals surface area contributed by atoms with E-state index < -0.39 is 20.0 Å². The van der Waals surface area contributed by atoms with Gasteiger partial charge in [-0.2, -0.15) is 0 Å². The van der Waals surface area contributed by atoms with Crippen LogP contribution in [0, 0.1) is 0 Å². The van der Waals surface area contributed by atoms with Crippen LogP contribution in [0.3, 0.4) is 0 Å². The van der Waals surface area contributed by atoms with E-state index in [9.17, 15) is 19.4 Å². The lowest BCUT2D eigenvalue weighted by molar-refractivity contribution is -0.870. The van der Waals surface area contributed by atoms with E-state index >= 15 is 0 Å². The average Bonchev–Trinajstić information content (AvgIpc) is 3.33. The summed E-state index contributed by atoms with van der Waals surface area (Å²) >= 11 is 0. The number of nitrogens with one attached hydrogen (secondary N) is 1. The maximum Gasteiger partial charge on any atom is 0.472 e. The third-order valence-electron chi connectivity index (χ3n) is 12.3. The lowest BCUT2D eigenvalue weighted by Crippen LogP contribution is -2.46. The molecule has 0 spiro atoms. The minimum atomic E-state index is -4.35. The number of aliphatic hydroxyl groups excluding tert-OH is 1. The van der Waals surface area contributed by atoms with E-state index in [2.05, 4.69) is 129 Å². The summed E-state index contributed by atoms with van der Waals surface area (Å²) in [7, 11) is 1.56. The zero-order chi connectivity index (χ0) is 52.0. The molecule has 0 aliphatic heterocycles. The van der Waals surface area contributed by atoms with E-state index in [-0.39, 0.29) is 19.1 Å². The summed E-state index contributed by atoms with van der Waals surface area (Å²) in [5.74, 6) is -0.205. The Morgan fingerprint density at radius 1 is 0.493 bits per heavy atom. The van der Waals surface area contributed by atoms with Gasteiger partial charge in [0, 0.05) is 6.42 Å². The number of phosphoric ester groups is 1. The van der Waals surface area contributed by atoms with Crippen LogP contribution in [0.5, 0.6) is 0 Å². The van der Waals surface area contributed by atoms with Crippen molar-refractivity contribution >= 4 is 13.7 Å². The molecule has 3 unspecified atom stereocenters. The van der Waals surface area contributed by atoms with Gasteiger partial charge in [-0.15, -0.1) is 0 Å². The summed E-state index contributed by atoms with van der Waals surface area (Å²) in [4.78, 5) is 23.3. The summed E-state index contributed by atoms with van der Waals surface area (Å²) in [6.45, 7) is 4.73. The van der Waals surface area contributed by atoms with Crippen LogP contribution in [0.2, 0.25) is 0 Å². The SMILES string of the molecule is CC/C=C\C/C=C\C/C=C\C/C=C\C/C=C\C/C=C\C/C=C\C/C=C\C/C=C\CCCC(=O)NC(COP(=O)(O)OCC[N+](C)(C)C)C(O)CCCCCCCCCCCCCCCCCCCCCC. The van der Waals surface area contributed by atoms with Gasteiger partial charge < -0.3 is 19.8 Å². The van der Waals surface area contributed by atoms with Gasteiger partial charge in [-0.25, -0.2) is 4.57 Å². The van der Waals surface area contributed by atoms with E-state index in [0.29, 0.717) is 30.3 Å². The topological polar surface area (TPSA) is 105 Å². The largest absolute Gasteiger partial charge is 0.472 e. The number of carbonyl (C=O) groups is 1. The Morgan fingerprint density at radius 3 is 1.18 bits per heavy atom. The van der Waals surface area contributed by atoms with Crippen molar-refractivity contribution in [1.29, 1.82) is 0 Å². The molecule has 1 amide bonds. The van der Waals surface area contributed by atoms with Crippen LogP contribution in [0.1, 0.15) is 226 Å². The van der Waals surface area contributed by atoms with Gasteiger partial charge in [0.05, 0.1) is 39.9 Å². The zero-order valence-corrected chi connectivity index (χ0v) is 47.3. The Labute approximate surface area is 438 Å². The number of phosphoric acid groups is 1. The molecule has 0 aromatic carbocycles. The second-order valence-electron chi connectivity index (χ2n) is 20.3. The Kier molecular flexibility index (Phi) is 50.0. The van der Waals surface area contributed by atoms with Crippen LogP contribution in [0.15, 0.2) is 109 Å². The standard InChI is InChI=1S/C62H109N2O6P/c1-6-8-10-12-14-16-18-20-22-24-26-28-29-30-31-32-33-34-35-36-38-40-42-44-46-48-50-52-54-56-62(66)63-60(59-70-71(67,68)69-58-57-64(3,4)5)61(65)55-53-51-49-47-45-43-41-39-37-27-25-23-21-19-17-15-13-11-9-7-2/h8,10,14,16,20,22,26,28,30-31,33-34,36,38,42,44,48,50,60-61,65H,6-7,9,11-13,15,17-19,21,23-25,27,29,32,35,37,39-41,43,45-47,49,51-59H2,1-5H3,(H-,63,66,67,68)/p+1/b10-8-,16-14-,22-20-,28-26-,31-30-,34-33-,38-36-,44-42-,50-48-. The Bertz CT molecular complexity index is 1520. The molecule has 9 heteroatoms. The molecule has 0 aliphatic carbocycles. The number of quaternary nitrogens is 1. The molecule has 0 rings (SSSR count). The Balaban J connectivity index is 4.34. The molecule has 3 atom stereocenters. The fourth-order valence-electron chi connectivity index (χ4n) is 7.81. The molecule has 0 fully saturated rings. The molecule has 408 valence electrons. The molecular formula is C62H110N2O6P+. The number of amides is 1. The lowest BCUT2D eigenvalue weighted by Gasteiger charge is -2.26. The van der Waals surface area contributed by atoms with Crippen molar-refractivity contribution in [3.8, 4) is 0 Å². The maximum atomic E-state index is 13.0. The van der Waals surface area contributed by atoms with Gasteiger partial charge in [-0.1, -0.05) is 252 Å². The highest BCUT2D eigenvalue weighted by molar-refractivity contribution is 7.47. The molecule has 3 N–H and O–H groups in total. The lowest BCUT2D eigenvalue weighted by atomic mass is 10.0. The fourth-order valence-corrected chi connectivity index (χ4v) is 8.55. The Morgan fingerprint density at radius 2 is 0.831 bits per heavy atom. The average molecular weight is 1010 g/mol. The van der Waals surface area contributed by atoms with Crippen molar-refractivity contribution in [2.24, 2.45) is 0 Å². The molecule has 8 nitrogen and oxygen atoms in total. The molecule has 0 saturated carbocycles. The van der Waals surface area contributed by atoms with Gasteiger partial charge in [0.25, 0.3) is 0 Å². The van der Waals surface area contributed by atoms with Gasteiger partial charge >= 0.3 is 7.82 Å². The minimum Gasteiger partial charge on any atom is -0.391 e. The predicted octanol–water partition coefficient (Wildman–Crippen LogP) is 17.6. The van der Waals surface area contributed by atoms with Gasteiger partial charge in [-0.3, -0.25) is 13.8 Å². The summed E-state index contributed by atoms with van der Waals surface area (Å²) in [6, 6.07) is -0.800. The first-order valence-electron chi connectivity index (χ1n) is 28.8. The number of hydrogen-bond acceptors (Lipinski definition) is 5. The van der Waals surface area contributed by atoms with Gasteiger partial charge in [-0.05, 0) is 77.0 Å². The minimum absolute atomic E-state index is 0.0579. The van der Waals surface area contributed by atoms with E-state index in [1.54, 1.807) is 0 Å². The first kappa shape index (κ1) is 68.2. The third-order valence-corrected chi connectivity index (χ3v) is 13.3. The molecule has 0 radical (unpaired) electrons. The summed E-state index contributed by atoms with van der Waals surface area (Å²) < 4.78 is 23.7. The van der Waals surface area contributed by atoms with Gasteiger partial charge in [0.1, 0.15) is 13.2 Å². The third kappa shape index (κ3) is 54.8. The molecule has 0 aromatic heterocycles. The number of nitrogens with zero attached hydrogens (tertiary/aromatic N) is 1. The second-order valence-corrected chi connectivity index (χ2v) is 21.7. The summed E-state index contributed by atoms with van der Waals surface area (Å²) in [6.07, 6.45) is 75.8. The monoisotopic (exact) mass is 1010 g/mol. The number of rotatable bonds is 51. The molecule has 0 heterocycles. The van der Waals surface area contributed by atoms with Gasteiger partial charge in [0.2, 0.25) is 5.91 Å². The van der Waals surface area contributed by atoms with Crippen molar-refractivity contribution in [3.05, 3.63) is 109 Å². The van der Waals surface area contributed by atoms with Crippen LogP contribution >= 0.6 is 7.82 Å². The molecule has 0 bridgehead atoms. The number of aliphatic hydroxyl groups is 1. The smallest absolute Gasteiger partial charge is 0.391 e. The highest BCUT2D eigenvalue weighted by atomic mass is 31.2. The highest BCUT2D eigenvalue weighted by Crippen LogP contribution is 2.43. The Hall–Kier alpha value is -2.84. The van der Waals surface area contributed by atoms with Crippen LogP contribution in [-0.2, 0) is 18.4 Å². The fraction of sp³-hybridized carbons (Fsp3) is 0.694. The summed E-state index contributed by atoms with van der Waals surface area (Å²) in [5, 5.41) is 14.0. The first-order chi connectivity index (χ1) is 34.5. The quantitative estimate of drug-likeness (QED) is 0.0243. The molecular weight excluding hydrogens is 900 g/mol. The van der Waals surface area contributed by atoms with Crippen LogP contribution in [0.25, 0.3) is 0 Å². The van der Waals surface area contributed by atoms with Crippen LogP contribution < -0.4 is 5.32 Å².